The highest BCUT2D eigenvalue weighted by Crippen LogP contribution is 1.79. The summed E-state index contributed by atoms with van der Waals surface area (Å²) in [4.78, 5) is 0. The van der Waals surface area contributed by atoms with Crippen LogP contribution in [0.3, 0.4) is 0 Å². The molecule has 0 aliphatic rings. The summed E-state index contributed by atoms with van der Waals surface area (Å²) in [6.45, 7) is 0. The Labute approximate surface area is 89.4 Å². The van der Waals surface area contributed by atoms with E-state index >= 15 is 0 Å². The summed E-state index contributed by atoms with van der Waals surface area (Å²) in [5, 5.41) is 0. The zero-order valence-corrected chi connectivity index (χ0v) is 9.34. The maximum Gasteiger partial charge on any atom is -0.0623 e. The summed E-state index contributed by atoms with van der Waals surface area (Å²) < 4.78 is 0. The molecule has 12 heavy (non-hydrogen) atoms. The molecule has 0 radical (unpaired) electrons. The number of hydrogen-bond donors (Lipinski definition) is 0. The molecule has 0 saturated heterocycles. The lowest BCUT2D eigenvalue weighted by Gasteiger charge is -1.69. The first-order valence-electron chi connectivity index (χ1n) is 2.00. The van der Waals surface area contributed by atoms with Crippen molar-refractivity contribution in [2.24, 2.45) is 0 Å². The highest BCUT2D eigenvalue weighted by molar-refractivity contribution is 8.93. The molecule has 6 heteroatoms. The van der Waals surface area contributed by atoms with Crippen LogP contribution >= 0.6 is 34.0 Å². The van der Waals surface area contributed by atoms with Crippen LogP contribution in [-0.2, 0) is 0 Å². The van der Waals surface area contributed by atoms with Crippen molar-refractivity contribution < 1.29 is 18.8 Å². The van der Waals surface area contributed by atoms with E-state index in [0.29, 0.717) is 0 Å². The third-order valence-corrected chi connectivity index (χ3v) is 0.667. The average molecular weight is 320 g/mol. The Bertz CT molecular complexity index is 89.5. The molecule has 0 amide bonds. The first kappa shape index (κ1) is 40.6. The third-order valence-electron chi connectivity index (χ3n) is 0.667. The normalized spacial score (nSPS) is 4.00. The van der Waals surface area contributed by atoms with Gasteiger partial charge in [-0.3, -0.25) is 18.8 Å². The molecule has 0 aliphatic carbocycles. The van der Waals surface area contributed by atoms with E-state index < -0.39 is 0 Å². The minimum Gasteiger partial charge on any atom is -0.269 e. The van der Waals surface area contributed by atoms with Crippen LogP contribution in [0.4, 0.5) is 18.8 Å². The maximum atomic E-state index is 2.00. The fourth-order valence-corrected chi connectivity index (χ4v) is 0.385. The Balaban J connectivity index is -0.0000000150. The van der Waals surface area contributed by atoms with Gasteiger partial charge in [0, 0.05) is 0 Å². The fraction of sp³-hybridized carbons (Fsp3) is 0. The molecule has 0 N–H and O–H groups in total. The number of hydrogen-bond acceptors (Lipinski definition) is 0. The minimum atomic E-state index is 0. The van der Waals surface area contributed by atoms with E-state index in [9.17, 15) is 0 Å². The van der Waals surface area contributed by atoms with E-state index in [1.807, 2.05) is 36.4 Å². The highest BCUT2D eigenvalue weighted by Gasteiger charge is 1.57. The summed E-state index contributed by atoms with van der Waals surface area (Å²) in [5.41, 5.74) is 0. The predicted octanol–water partition coefficient (Wildman–Crippen LogP) is 3.45. The van der Waals surface area contributed by atoms with Crippen molar-refractivity contribution in [2.75, 3.05) is 0 Å². The number of benzene rings is 1. The van der Waals surface area contributed by atoms with Gasteiger partial charge in [-0.25, -0.2) is 0 Å². The quantitative estimate of drug-likeness (QED) is 0.643. The monoisotopic (exact) mass is 318 g/mol. The van der Waals surface area contributed by atoms with Crippen LogP contribution in [0, 0.1) is 0 Å². The van der Waals surface area contributed by atoms with E-state index in [4.69, 9.17) is 0 Å². The first-order valence-corrected chi connectivity index (χ1v) is 2.00. The summed E-state index contributed by atoms with van der Waals surface area (Å²) in [6.07, 6.45) is 0. The molecule has 0 heterocycles. The van der Waals surface area contributed by atoms with Gasteiger partial charge in [0.2, 0.25) is 0 Å². The second kappa shape index (κ2) is 30.7. The van der Waals surface area contributed by atoms with Crippen LogP contribution < -0.4 is 0 Å². The minimum absolute atomic E-state index is 0. The van der Waals surface area contributed by atoms with Gasteiger partial charge in [-0.2, -0.15) is 0 Å². The maximum absolute atomic E-state index is 2.00. The van der Waals surface area contributed by atoms with Gasteiger partial charge in [-0.15, -0.1) is 34.0 Å². The lowest BCUT2D eigenvalue weighted by molar-refractivity contribution is 1.11. The number of halogens is 6. The van der Waals surface area contributed by atoms with Crippen LogP contribution in [0.2, 0.25) is 0 Å². The molecular weight excluding hydrogens is 308 g/mol. The second-order valence-corrected chi connectivity index (χ2v) is 1.15. The van der Waals surface area contributed by atoms with E-state index in [-0.39, 0.29) is 52.8 Å². The van der Waals surface area contributed by atoms with Gasteiger partial charge in [0.25, 0.3) is 0 Å². The van der Waals surface area contributed by atoms with E-state index in [1.165, 1.54) is 0 Å². The Morgan fingerprint density at radius 1 is 0.333 bits per heavy atom. The Morgan fingerprint density at radius 2 is 0.417 bits per heavy atom. The summed E-state index contributed by atoms with van der Waals surface area (Å²) in [7, 11) is 0. The fourth-order valence-electron chi connectivity index (χ4n) is 0.385. The van der Waals surface area contributed by atoms with Crippen LogP contribution in [0.1, 0.15) is 0 Å². The molecule has 0 unspecified atom stereocenters. The summed E-state index contributed by atoms with van der Waals surface area (Å²) in [5.74, 6) is 0. The zero-order valence-electron chi connectivity index (χ0n) is 5.91. The molecule has 0 spiro atoms. The smallest absolute Gasteiger partial charge is 0.0623 e. The van der Waals surface area contributed by atoms with Crippen molar-refractivity contribution in [1.29, 1.82) is 0 Å². The Hall–Kier alpha value is -0.100. The molecule has 0 atom stereocenters. The van der Waals surface area contributed by atoms with Gasteiger partial charge in [0.1, 0.15) is 0 Å². The topological polar surface area (TPSA) is 0 Å². The molecule has 0 nitrogen and oxygen atoms in total. The van der Waals surface area contributed by atoms with Gasteiger partial charge in [0.15, 0.2) is 0 Å². The molecule has 78 valence electrons. The van der Waals surface area contributed by atoms with Gasteiger partial charge in [-0.05, 0) is 0 Å². The molecule has 0 fully saturated rings. The molecule has 1 aromatic carbocycles. The molecule has 1 rings (SSSR count). The van der Waals surface area contributed by atoms with E-state index in [0.717, 1.165) is 0 Å². The summed E-state index contributed by atoms with van der Waals surface area (Å²) >= 11 is 0. The van der Waals surface area contributed by atoms with Crippen molar-refractivity contribution in [3.05, 3.63) is 36.4 Å². The predicted molar refractivity (Wildman–Crippen MR) is 57.1 cm³/mol. The second-order valence-electron chi connectivity index (χ2n) is 1.15. The van der Waals surface area contributed by atoms with Gasteiger partial charge >= 0.3 is 0 Å². The molecule has 0 saturated carbocycles. The van der Waals surface area contributed by atoms with Crippen molar-refractivity contribution in [2.45, 2.75) is 0 Å². The lowest BCUT2D eigenvalue weighted by Crippen LogP contribution is -1.47. The van der Waals surface area contributed by atoms with Crippen LogP contribution in [-0.4, -0.2) is 0 Å². The van der Waals surface area contributed by atoms with Gasteiger partial charge in [-0.1, -0.05) is 36.4 Å². The Kier molecular flexibility index (Phi) is 104. The molecule has 0 aliphatic heterocycles. The molecular formula is C6H12Br2F4. The van der Waals surface area contributed by atoms with Crippen molar-refractivity contribution in [1.82, 2.24) is 0 Å². The molecule has 0 aromatic heterocycles. The molecule has 0 bridgehead atoms. The third kappa shape index (κ3) is 22.5. The van der Waals surface area contributed by atoms with Crippen molar-refractivity contribution >= 4 is 34.0 Å². The van der Waals surface area contributed by atoms with Gasteiger partial charge < -0.3 is 0 Å². The van der Waals surface area contributed by atoms with Crippen molar-refractivity contribution in [3.63, 3.8) is 0 Å². The summed E-state index contributed by atoms with van der Waals surface area (Å²) in [6, 6.07) is 12.0. The number of rotatable bonds is 0. The van der Waals surface area contributed by atoms with Crippen LogP contribution in [0.5, 0.6) is 0 Å². The Morgan fingerprint density at radius 3 is 0.500 bits per heavy atom. The lowest BCUT2D eigenvalue weighted by atomic mass is 10.4. The largest absolute Gasteiger partial charge is 0.269 e. The first-order chi connectivity index (χ1) is 3.00. The molecule has 1 aromatic rings. The van der Waals surface area contributed by atoms with E-state index in [1.54, 1.807) is 0 Å². The van der Waals surface area contributed by atoms with Crippen LogP contribution in [0.25, 0.3) is 0 Å². The highest BCUT2D eigenvalue weighted by atomic mass is 79.9. The van der Waals surface area contributed by atoms with Crippen LogP contribution in [0.15, 0.2) is 36.4 Å². The van der Waals surface area contributed by atoms with Gasteiger partial charge in [0.05, 0.1) is 0 Å². The SMILES string of the molecule is Br.Br.F.F.F.F.c1ccccc1. The average Bonchev–Trinajstić information content (AvgIpc) is 1.72. The standard InChI is InChI=1S/C6H6.2BrH.4FH/c1-2-4-6-5-3-1;;;;;;/h1-6H;6*1H. The van der Waals surface area contributed by atoms with E-state index in [2.05, 4.69) is 0 Å². The van der Waals surface area contributed by atoms with Crippen molar-refractivity contribution in [3.8, 4) is 0 Å². The zero-order chi connectivity index (χ0) is 4.24.